The van der Waals surface area contributed by atoms with Crippen LogP contribution in [0.5, 0.6) is 5.75 Å². The zero-order valence-electron chi connectivity index (χ0n) is 12.5. The molecule has 0 radical (unpaired) electrons. The largest absolute Gasteiger partial charge is 0.490 e. The number of nitrogens with zero attached hydrogens (tertiary/aromatic N) is 4. The highest BCUT2D eigenvalue weighted by Crippen LogP contribution is 2.22. The number of thioether (sulfide) groups is 1. The summed E-state index contributed by atoms with van der Waals surface area (Å²) < 4.78 is 20.8. The molecule has 0 saturated heterocycles. The molecule has 1 aromatic carbocycles. The van der Waals surface area contributed by atoms with Crippen LogP contribution in [0.15, 0.2) is 53.9 Å². The van der Waals surface area contributed by atoms with E-state index in [0.717, 1.165) is 16.5 Å². The molecule has 2 heterocycles. The Kier molecular flexibility index (Phi) is 4.87. The van der Waals surface area contributed by atoms with Gasteiger partial charge in [-0.25, -0.2) is 4.39 Å². The van der Waals surface area contributed by atoms with Gasteiger partial charge >= 0.3 is 0 Å². The summed E-state index contributed by atoms with van der Waals surface area (Å²) in [6, 6.07) is 10.2. The summed E-state index contributed by atoms with van der Waals surface area (Å²) in [6.45, 7) is 0.392. The fourth-order valence-electron chi connectivity index (χ4n) is 2.04. The van der Waals surface area contributed by atoms with E-state index in [4.69, 9.17) is 4.74 Å². The molecule has 0 fully saturated rings. The van der Waals surface area contributed by atoms with E-state index in [1.807, 2.05) is 23.7 Å². The monoisotopic (exact) mass is 330 g/mol. The lowest BCUT2D eigenvalue weighted by molar-refractivity contribution is 0.325. The number of ether oxygens (including phenoxy) is 1. The number of hydrogen-bond donors (Lipinski definition) is 0. The Balaban J connectivity index is 1.57. The van der Waals surface area contributed by atoms with E-state index in [-0.39, 0.29) is 11.6 Å². The molecule has 118 valence electrons. The van der Waals surface area contributed by atoms with Gasteiger partial charge in [-0.1, -0.05) is 23.9 Å². The number of halogens is 1. The van der Waals surface area contributed by atoms with Crippen LogP contribution in [0.2, 0.25) is 0 Å². The van der Waals surface area contributed by atoms with Crippen LogP contribution in [0.3, 0.4) is 0 Å². The van der Waals surface area contributed by atoms with E-state index in [1.165, 1.54) is 17.8 Å². The van der Waals surface area contributed by atoms with Crippen molar-refractivity contribution in [1.82, 2.24) is 19.7 Å². The Morgan fingerprint density at radius 1 is 1.13 bits per heavy atom. The average Bonchev–Trinajstić information content (AvgIpc) is 2.95. The molecule has 0 unspecified atom stereocenters. The van der Waals surface area contributed by atoms with E-state index in [1.54, 1.807) is 30.6 Å². The van der Waals surface area contributed by atoms with Crippen molar-refractivity contribution in [2.75, 3.05) is 12.4 Å². The first-order valence-electron chi connectivity index (χ1n) is 7.05. The van der Waals surface area contributed by atoms with E-state index < -0.39 is 0 Å². The van der Waals surface area contributed by atoms with E-state index in [0.29, 0.717) is 12.4 Å². The number of hydrogen-bond acceptors (Lipinski definition) is 5. The van der Waals surface area contributed by atoms with Gasteiger partial charge in [-0.05, 0) is 24.3 Å². The highest BCUT2D eigenvalue weighted by atomic mass is 32.2. The zero-order chi connectivity index (χ0) is 16.1. The van der Waals surface area contributed by atoms with Gasteiger partial charge in [0.1, 0.15) is 0 Å². The number of para-hydroxylation sites is 1. The molecule has 3 aromatic rings. The minimum absolute atomic E-state index is 0.267. The van der Waals surface area contributed by atoms with Crippen molar-refractivity contribution >= 4 is 11.8 Å². The number of aromatic nitrogens is 4. The van der Waals surface area contributed by atoms with Crippen LogP contribution in [0, 0.1) is 5.82 Å². The second-order valence-electron chi connectivity index (χ2n) is 4.73. The van der Waals surface area contributed by atoms with Gasteiger partial charge in [0.25, 0.3) is 0 Å². The smallest absolute Gasteiger partial charge is 0.191 e. The second kappa shape index (κ2) is 7.23. The van der Waals surface area contributed by atoms with Crippen molar-refractivity contribution in [1.29, 1.82) is 0 Å². The second-order valence-corrected chi connectivity index (χ2v) is 5.79. The van der Waals surface area contributed by atoms with E-state index >= 15 is 0 Å². The van der Waals surface area contributed by atoms with Crippen LogP contribution in [0.25, 0.3) is 11.4 Å². The van der Waals surface area contributed by atoms with Crippen molar-refractivity contribution < 1.29 is 9.13 Å². The Morgan fingerprint density at radius 2 is 1.91 bits per heavy atom. The van der Waals surface area contributed by atoms with Gasteiger partial charge in [0.05, 0.1) is 6.61 Å². The minimum atomic E-state index is -0.351. The summed E-state index contributed by atoms with van der Waals surface area (Å²) in [5.74, 6) is 1.35. The number of benzene rings is 1. The Hall–Kier alpha value is -2.41. The molecule has 0 N–H and O–H groups in total. The minimum Gasteiger partial charge on any atom is -0.490 e. The molecule has 0 atom stereocenters. The fraction of sp³-hybridized carbons (Fsp3) is 0.188. The summed E-state index contributed by atoms with van der Waals surface area (Å²) in [7, 11) is 1.91. The van der Waals surface area contributed by atoms with Gasteiger partial charge in [-0.3, -0.25) is 4.98 Å². The third kappa shape index (κ3) is 3.68. The SMILES string of the molecule is Cn1c(SCCOc2ccccc2F)nnc1-c1ccncc1. The number of pyridine rings is 1. The lowest BCUT2D eigenvalue weighted by Gasteiger charge is -2.07. The van der Waals surface area contributed by atoms with Gasteiger partial charge < -0.3 is 9.30 Å². The first-order valence-corrected chi connectivity index (χ1v) is 8.04. The van der Waals surface area contributed by atoms with Crippen LogP contribution >= 0.6 is 11.8 Å². The molecule has 0 spiro atoms. The molecule has 2 aromatic heterocycles. The summed E-state index contributed by atoms with van der Waals surface area (Å²) >= 11 is 1.51. The van der Waals surface area contributed by atoms with Gasteiger partial charge in [0.2, 0.25) is 0 Å². The van der Waals surface area contributed by atoms with E-state index in [2.05, 4.69) is 15.2 Å². The third-order valence-corrected chi connectivity index (χ3v) is 4.17. The molecule has 5 nitrogen and oxygen atoms in total. The maximum atomic E-state index is 13.4. The Morgan fingerprint density at radius 3 is 2.70 bits per heavy atom. The molecular weight excluding hydrogens is 315 g/mol. The normalized spacial score (nSPS) is 10.7. The van der Waals surface area contributed by atoms with Gasteiger partial charge in [0, 0.05) is 30.8 Å². The third-order valence-electron chi connectivity index (χ3n) is 3.18. The van der Waals surface area contributed by atoms with Crippen molar-refractivity contribution in [3.8, 4) is 17.1 Å². The topological polar surface area (TPSA) is 52.8 Å². The Bertz CT molecular complexity index is 779. The van der Waals surface area contributed by atoms with Crippen molar-refractivity contribution in [3.05, 3.63) is 54.6 Å². The maximum Gasteiger partial charge on any atom is 0.191 e. The lowest BCUT2D eigenvalue weighted by atomic mass is 10.2. The van der Waals surface area contributed by atoms with E-state index in [9.17, 15) is 4.39 Å². The predicted molar refractivity (Wildman–Crippen MR) is 86.9 cm³/mol. The summed E-state index contributed by atoms with van der Waals surface area (Å²) in [6.07, 6.45) is 3.44. The van der Waals surface area contributed by atoms with Crippen LogP contribution in [0.1, 0.15) is 0 Å². The summed E-state index contributed by atoms with van der Waals surface area (Å²) in [4.78, 5) is 3.99. The highest BCUT2D eigenvalue weighted by Gasteiger charge is 2.11. The first-order chi connectivity index (χ1) is 11.3. The van der Waals surface area contributed by atoms with Crippen molar-refractivity contribution in [2.24, 2.45) is 7.05 Å². The molecule has 0 aliphatic rings. The van der Waals surface area contributed by atoms with Crippen LogP contribution in [0.4, 0.5) is 4.39 Å². The molecule has 7 heteroatoms. The summed E-state index contributed by atoms with van der Waals surface area (Å²) in [5.41, 5.74) is 0.962. The molecule has 3 rings (SSSR count). The first kappa shape index (κ1) is 15.5. The molecule has 0 aliphatic heterocycles. The number of rotatable bonds is 6. The van der Waals surface area contributed by atoms with Crippen molar-refractivity contribution in [3.63, 3.8) is 0 Å². The standard InChI is InChI=1S/C16H15FN4OS/c1-21-15(12-6-8-18-9-7-12)19-20-16(21)23-11-10-22-14-5-3-2-4-13(14)17/h2-9H,10-11H2,1H3. The maximum absolute atomic E-state index is 13.4. The van der Waals surface area contributed by atoms with Crippen LogP contribution < -0.4 is 4.74 Å². The molecule has 23 heavy (non-hydrogen) atoms. The Labute approximate surface area is 137 Å². The highest BCUT2D eigenvalue weighted by molar-refractivity contribution is 7.99. The van der Waals surface area contributed by atoms with Crippen molar-refractivity contribution in [2.45, 2.75) is 5.16 Å². The zero-order valence-corrected chi connectivity index (χ0v) is 13.3. The van der Waals surface area contributed by atoms with Crippen LogP contribution in [-0.4, -0.2) is 32.1 Å². The molecule has 0 amide bonds. The predicted octanol–water partition coefficient (Wildman–Crippen LogP) is 3.19. The van der Waals surface area contributed by atoms with Crippen LogP contribution in [-0.2, 0) is 7.05 Å². The average molecular weight is 330 g/mol. The van der Waals surface area contributed by atoms with Gasteiger partial charge in [0.15, 0.2) is 22.5 Å². The molecule has 0 saturated carbocycles. The summed E-state index contributed by atoms with van der Waals surface area (Å²) in [5, 5.41) is 9.17. The lowest BCUT2D eigenvalue weighted by Crippen LogP contribution is -2.03. The van der Waals surface area contributed by atoms with Gasteiger partial charge in [-0.15, -0.1) is 10.2 Å². The van der Waals surface area contributed by atoms with Gasteiger partial charge in [-0.2, -0.15) is 0 Å². The molecule has 0 bridgehead atoms. The fourth-order valence-corrected chi connectivity index (χ4v) is 2.77. The molecule has 0 aliphatic carbocycles. The quantitative estimate of drug-likeness (QED) is 0.513. The molecular formula is C16H15FN4OS.